The largest absolute Gasteiger partial charge is 0.416 e. The van der Waals surface area contributed by atoms with Crippen LogP contribution in [0.15, 0.2) is 12.1 Å². The Bertz CT molecular complexity index is 708. The van der Waals surface area contributed by atoms with E-state index < -0.39 is 56.0 Å². The number of nitrogens with zero attached hydrogens (tertiary/aromatic N) is 2. The van der Waals surface area contributed by atoms with Gasteiger partial charge in [-0.3, -0.25) is 25.0 Å². The number of amides is 1. The number of hydrogen-bond acceptors (Lipinski definition) is 6. The molecule has 1 aromatic rings. The van der Waals surface area contributed by atoms with Crippen LogP contribution in [-0.4, -0.2) is 28.8 Å². The van der Waals surface area contributed by atoms with E-state index in [1.807, 2.05) is 0 Å². The molecule has 1 atom stereocenters. The number of rotatable bonds is 5. The molecule has 9 nitrogen and oxygen atoms in total. The van der Waals surface area contributed by atoms with Gasteiger partial charge >= 0.3 is 6.18 Å². The number of anilines is 1. The highest BCUT2D eigenvalue weighted by Gasteiger charge is 2.40. The second-order valence-corrected chi connectivity index (χ2v) is 6.46. The average molecular weight is 378 g/mol. The van der Waals surface area contributed by atoms with Crippen LogP contribution in [0.2, 0.25) is 0 Å². The summed E-state index contributed by atoms with van der Waals surface area (Å²) in [6.45, 7) is 4.75. The van der Waals surface area contributed by atoms with Crippen molar-refractivity contribution in [2.45, 2.75) is 33.0 Å². The number of halogens is 3. The Hall–Kier alpha value is -2.92. The summed E-state index contributed by atoms with van der Waals surface area (Å²) in [5.74, 6) is -0.638. The third-order valence-electron chi connectivity index (χ3n) is 3.48. The molecule has 12 heteroatoms. The average Bonchev–Trinajstić information content (AvgIpc) is 2.48. The molecule has 26 heavy (non-hydrogen) atoms. The monoisotopic (exact) mass is 378 g/mol. The predicted molar refractivity (Wildman–Crippen MR) is 85.7 cm³/mol. The van der Waals surface area contributed by atoms with Crippen molar-refractivity contribution >= 4 is 23.0 Å². The molecule has 0 saturated heterocycles. The first kappa shape index (κ1) is 21.1. The fourth-order valence-corrected chi connectivity index (χ4v) is 2.18. The Morgan fingerprint density at radius 1 is 1.08 bits per heavy atom. The number of likely N-dealkylation sites (N-methyl/N-ethyl adjacent to an activating group) is 1. The summed E-state index contributed by atoms with van der Waals surface area (Å²) >= 11 is 0. The summed E-state index contributed by atoms with van der Waals surface area (Å²) in [7, 11) is 1.29. The van der Waals surface area contributed by atoms with Gasteiger partial charge in [0.05, 0.1) is 15.4 Å². The number of nitro groups is 2. The highest BCUT2D eigenvalue weighted by molar-refractivity contribution is 5.88. The van der Waals surface area contributed by atoms with Crippen molar-refractivity contribution in [1.82, 2.24) is 5.32 Å². The van der Waals surface area contributed by atoms with Gasteiger partial charge in [-0.2, -0.15) is 13.2 Å². The van der Waals surface area contributed by atoms with Crippen molar-refractivity contribution in [2.75, 3.05) is 12.4 Å². The summed E-state index contributed by atoms with van der Waals surface area (Å²) in [5.41, 5.74) is -5.45. The van der Waals surface area contributed by atoms with Crippen LogP contribution >= 0.6 is 0 Å². The van der Waals surface area contributed by atoms with Crippen LogP contribution in [0.25, 0.3) is 0 Å². The van der Waals surface area contributed by atoms with Gasteiger partial charge in [0.1, 0.15) is 6.04 Å². The van der Waals surface area contributed by atoms with Crippen LogP contribution in [-0.2, 0) is 11.0 Å². The first-order chi connectivity index (χ1) is 11.7. The lowest BCUT2D eigenvalue weighted by Crippen LogP contribution is -2.46. The van der Waals surface area contributed by atoms with Gasteiger partial charge in [0.2, 0.25) is 5.91 Å². The van der Waals surface area contributed by atoms with Crippen LogP contribution in [0.1, 0.15) is 26.3 Å². The van der Waals surface area contributed by atoms with Gasteiger partial charge in [-0.05, 0) is 5.41 Å². The van der Waals surface area contributed by atoms with Gasteiger partial charge in [-0.25, -0.2) is 0 Å². The number of hydrogen-bond donors (Lipinski definition) is 2. The number of carbonyl (C=O) groups excluding carboxylic acids is 1. The molecule has 1 aromatic carbocycles. The summed E-state index contributed by atoms with van der Waals surface area (Å²) in [4.78, 5) is 32.2. The molecule has 0 heterocycles. The van der Waals surface area contributed by atoms with Crippen LogP contribution in [0.4, 0.5) is 30.2 Å². The smallest absolute Gasteiger partial charge is 0.362 e. The van der Waals surface area contributed by atoms with E-state index in [2.05, 4.69) is 10.6 Å². The number of nitrogens with one attached hydrogen (secondary N) is 2. The highest BCUT2D eigenvalue weighted by atomic mass is 19.4. The van der Waals surface area contributed by atoms with Gasteiger partial charge in [-0.1, -0.05) is 20.8 Å². The quantitative estimate of drug-likeness (QED) is 0.599. The summed E-state index contributed by atoms with van der Waals surface area (Å²) in [6, 6.07) is -0.792. The molecular formula is C14H17F3N4O5. The van der Waals surface area contributed by atoms with Gasteiger partial charge in [0.15, 0.2) is 5.69 Å². The minimum Gasteiger partial charge on any atom is -0.362 e. The number of alkyl halides is 3. The second kappa shape index (κ2) is 7.14. The molecule has 0 aliphatic carbocycles. The third-order valence-corrected chi connectivity index (χ3v) is 3.48. The minimum atomic E-state index is -5.02. The Morgan fingerprint density at radius 2 is 1.50 bits per heavy atom. The van der Waals surface area contributed by atoms with Gasteiger partial charge < -0.3 is 10.6 Å². The van der Waals surface area contributed by atoms with E-state index in [9.17, 15) is 38.2 Å². The molecule has 1 rings (SSSR count). The second-order valence-electron chi connectivity index (χ2n) is 6.46. The Labute approximate surface area is 145 Å². The Balaban J connectivity index is 3.70. The van der Waals surface area contributed by atoms with E-state index in [-0.39, 0.29) is 12.1 Å². The lowest BCUT2D eigenvalue weighted by Gasteiger charge is -2.30. The summed E-state index contributed by atoms with van der Waals surface area (Å²) < 4.78 is 38.7. The maximum Gasteiger partial charge on any atom is 0.416 e. The molecule has 2 N–H and O–H groups in total. The number of benzene rings is 1. The normalized spacial score (nSPS) is 13.0. The highest BCUT2D eigenvalue weighted by Crippen LogP contribution is 2.42. The van der Waals surface area contributed by atoms with Crippen molar-refractivity contribution in [3.8, 4) is 0 Å². The fourth-order valence-electron chi connectivity index (χ4n) is 2.18. The first-order valence-corrected chi connectivity index (χ1v) is 7.22. The number of carbonyl (C=O) groups is 1. The molecule has 0 fully saturated rings. The molecule has 0 radical (unpaired) electrons. The van der Waals surface area contributed by atoms with Crippen molar-refractivity contribution in [3.05, 3.63) is 37.9 Å². The van der Waals surface area contributed by atoms with Gasteiger partial charge in [0, 0.05) is 19.2 Å². The van der Waals surface area contributed by atoms with Crippen molar-refractivity contribution in [3.63, 3.8) is 0 Å². The number of nitro benzene ring substituents is 2. The molecule has 0 saturated carbocycles. The van der Waals surface area contributed by atoms with E-state index in [0.717, 1.165) is 0 Å². The lowest BCUT2D eigenvalue weighted by molar-refractivity contribution is -0.392. The van der Waals surface area contributed by atoms with E-state index in [0.29, 0.717) is 0 Å². The van der Waals surface area contributed by atoms with Crippen molar-refractivity contribution < 1.29 is 27.8 Å². The molecule has 0 spiro atoms. The first-order valence-electron chi connectivity index (χ1n) is 7.22. The predicted octanol–water partition coefficient (Wildman–Crippen LogP) is 3.09. The topological polar surface area (TPSA) is 127 Å². The van der Waals surface area contributed by atoms with E-state index in [1.165, 1.54) is 7.05 Å². The van der Waals surface area contributed by atoms with Gasteiger partial charge in [0.25, 0.3) is 11.4 Å². The van der Waals surface area contributed by atoms with Crippen LogP contribution in [0, 0.1) is 25.6 Å². The molecule has 144 valence electrons. The third kappa shape index (κ3) is 4.58. The fraction of sp³-hybridized carbons (Fsp3) is 0.500. The maximum absolute atomic E-state index is 12.9. The molecule has 0 aliphatic rings. The standard InChI is InChI=1S/C14H17F3N4O5/c1-13(2,3)11(12(22)18-4)19-10-8(20(23)24)5-7(14(15,16)17)6-9(10)21(25)26/h5-6,11,19H,1-4H3,(H,18,22)/t11-/m0/s1. The SMILES string of the molecule is CNC(=O)[C@H](Nc1c([N+](=O)[O-])cc(C(F)(F)F)cc1[N+](=O)[O-])C(C)(C)C. The van der Waals surface area contributed by atoms with Crippen LogP contribution in [0.5, 0.6) is 0 Å². The van der Waals surface area contributed by atoms with Crippen LogP contribution in [0.3, 0.4) is 0 Å². The summed E-state index contributed by atoms with van der Waals surface area (Å²) in [6.07, 6.45) is -5.02. The maximum atomic E-state index is 12.9. The zero-order valence-corrected chi connectivity index (χ0v) is 14.3. The molecule has 1 amide bonds. The zero-order valence-electron chi connectivity index (χ0n) is 14.3. The van der Waals surface area contributed by atoms with E-state index in [1.54, 1.807) is 20.8 Å². The molecule has 0 aromatic heterocycles. The molecule has 0 aliphatic heterocycles. The summed E-state index contributed by atoms with van der Waals surface area (Å²) in [5, 5.41) is 27.1. The van der Waals surface area contributed by atoms with Crippen molar-refractivity contribution in [2.24, 2.45) is 5.41 Å². The van der Waals surface area contributed by atoms with Gasteiger partial charge in [-0.15, -0.1) is 0 Å². The Kier molecular flexibility index (Phi) is 5.80. The van der Waals surface area contributed by atoms with Crippen LogP contribution < -0.4 is 10.6 Å². The van der Waals surface area contributed by atoms with Crippen molar-refractivity contribution in [1.29, 1.82) is 0 Å². The molecular weight excluding hydrogens is 361 g/mol. The zero-order chi connectivity index (χ0) is 20.4. The van der Waals surface area contributed by atoms with E-state index in [4.69, 9.17) is 0 Å². The molecule has 0 unspecified atom stereocenters. The lowest BCUT2D eigenvalue weighted by atomic mass is 9.85. The van der Waals surface area contributed by atoms with E-state index >= 15 is 0 Å². The Morgan fingerprint density at radius 3 is 1.77 bits per heavy atom. The minimum absolute atomic E-state index is 0.193. The molecule has 0 bridgehead atoms.